The molecule has 2 aromatic rings. The molecular weight excluding hydrogens is 326 g/mol. The fraction of sp³-hybridized carbons (Fsp3) is 0.286. The van der Waals surface area contributed by atoms with E-state index in [-0.39, 0.29) is 26.8 Å². The molecule has 5 heteroatoms. The maximum absolute atomic E-state index is 12.6. The lowest BCUT2D eigenvalue weighted by Crippen LogP contribution is -2.45. The molecule has 5 nitrogen and oxygen atoms in total. The van der Waals surface area contributed by atoms with E-state index >= 15 is 0 Å². The molecule has 2 heterocycles. The molecule has 1 aliphatic rings. The molecule has 3 rings (SSSR count). The van der Waals surface area contributed by atoms with Crippen LogP contribution < -0.4 is 26.8 Å². The topological polar surface area (TPSA) is 74.0 Å². The Morgan fingerprint density at radius 1 is 1.23 bits per heavy atom. The first-order valence-corrected chi connectivity index (χ1v) is 8.76. The van der Waals surface area contributed by atoms with Crippen molar-refractivity contribution < 1.29 is 7.65 Å². The van der Waals surface area contributed by atoms with Crippen molar-refractivity contribution in [3.8, 4) is 0 Å². The Kier molecular flexibility index (Phi) is 4.98. The lowest BCUT2D eigenvalue weighted by molar-refractivity contribution is -0.121. The summed E-state index contributed by atoms with van der Waals surface area (Å²) in [5.74, 6) is -0.161. The molecule has 0 saturated heterocycles. The van der Waals surface area contributed by atoms with Gasteiger partial charge < -0.3 is 15.6 Å². The van der Waals surface area contributed by atoms with Crippen LogP contribution in [0.3, 0.4) is 0 Å². The van der Waals surface area contributed by atoms with Gasteiger partial charge in [-0.15, -0.1) is 0 Å². The van der Waals surface area contributed by atoms with Crippen molar-refractivity contribution >= 4 is 17.7 Å². The lowest BCUT2D eigenvalue weighted by atomic mass is 10.0. The Hall–Kier alpha value is -2.82. The number of hydrogen-bond donors (Lipinski definition) is 3. The Labute approximate surface area is 155 Å². The van der Waals surface area contributed by atoms with Gasteiger partial charge in [-0.1, -0.05) is 24.3 Å². The number of carbonyl (C=O) groups is 1. The van der Waals surface area contributed by atoms with Gasteiger partial charge in [-0.2, -0.15) is 0 Å². The van der Waals surface area contributed by atoms with E-state index in [9.17, 15) is 9.59 Å². The van der Waals surface area contributed by atoms with Crippen molar-refractivity contribution in [2.75, 3.05) is 0 Å². The van der Waals surface area contributed by atoms with Gasteiger partial charge in [-0.05, 0) is 50.5 Å². The van der Waals surface area contributed by atoms with E-state index in [0.717, 1.165) is 33.0 Å². The molecule has 0 fully saturated rings. The molecule has 0 spiro atoms. The predicted octanol–water partition coefficient (Wildman–Crippen LogP) is 1.58. The molecule has 1 aliphatic heterocycles. The smallest absolute Gasteiger partial charge is 0.252 e. The Bertz CT molecular complexity index is 1040. The van der Waals surface area contributed by atoms with Crippen LogP contribution in [0.25, 0.3) is 11.8 Å². The molecule has 1 aromatic heterocycles. The minimum Gasteiger partial charge on any atom is -0.379 e. The van der Waals surface area contributed by atoms with E-state index in [4.69, 9.17) is 0 Å². The molecule has 0 unspecified atom stereocenters. The molecule has 1 atom stereocenters. The Morgan fingerprint density at radius 3 is 2.69 bits per heavy atom. The highest BCUT2D eigenvalue weighted by Crippen LogP contribution is 2.16. The van der Waals surface area contributed by atoms with Gasteiger partial charge in [0.15, 0.2) is 0 Å². The number of fused-ring (bicyclic) bond motifs is 1. The van der Waals surface area contributed by atoms with Crippen LogP contribution in [0.5, 0.6) is 0 Å². The van der Waals surface area contributed by atoms with Crippen LogP contribution in [0, 0.1) is 20.4 Å². The third-order valence-corrected chi connectivity index (χ3v) is 4.91. The number of H-pyrrole nitrogens is 1. The van der Waals surface area contributed by atoms with Gasteiger partial charge in [0.05, 0.1) is 19.0 Å². The molecule has 1 radical (unpaired) electrons. The number of carbonyl (C=O) groups excluding carboxylic acids is 1. The summed E-state index contributed by atoms with van der Waals surface area (Å²) in [4.78, 5) is 27.9. The van der Waals surface area contributed by atoms with Gasteiger partial charge in [-0.3, -0.25) is 9.59 Å². The minimum atomic E-state index is -0.209. The zero-order chi connectivity index (χ0) is 18.8. The number of pyridine rings is 1. The van der Waals surface area contributed by atoms with Gasteiger partial charge in [-0.25, -0.2) is 0 Å². The molecule has 3 N–H and O–H groups in total. The van der Waals surface area contributed by atoms with E-state index in [1.54, 1.807) is 6.54 Å². The van der Waals surface area contributed by atoms with Crippen molar-refractivity contribution in [2.45, 2.75) is 40.2 Å². The maximum Gasteiger partial charge on any atom is 0.252 e. The highest BCUT2D eigenvalue weighted by Gasteiger charge is 2.16. The first-order valence-electron chi connectivity index (χ1n) is 8.76. The van der Waals surface area contributed by atoms with Crippen molar-refractivity contribution in [3.63, 3.8) is 0 Å². The van der Waals surface area contributed by atoms with E-state index in [0.29, 0.717) is 5.56 Å². The zero-order valence-corrected chi connectivity index (χ0v) is 15.6. The van der Waals surface area contributed by atoms with Gasteiger partial charge in [0.25, 0.3) is 5.56 Å². The van der Waals surface area contributed by atoms with Crippen LogP contribution in [-0.2, 0) is 11.2 Å². The van der Waals surface area contributed by atoms with Crippen LogP contribution >= 0.6 is 0 Å². The standard InChI is InChI=1S/C21H24N3O2.2H2/c1-12-7-5-6-8-16(12)14(3)23-19(25)11-17-13(2)20-15(4)22-10-9-18(20)24-21(17)26;;/h5-10,14,22H,11H2,1-4H3,(H,23,25)(H,24,26);2*1H/t14-;;/m0../s1. The van der Waals surface area contributed by atoms with Crippen LogP contribution in [0.4, 0.5) is 0 Å². The second kappa shape index (κ2) is 7.20. The van der Waals surface area contributed by atoms with Gasteiger partial charge in [0, 0.05) is 24.7 Å². The first kappa shape index (κ1) is 18.0. The zero-order valence-electron chi connectivity index (χ0n) is 15.6. The SMILES string of the molecule is CC1=c2c(C)c(CC(=O)N[C@@H](C)c3ccccc3C)c(=O)[nH]c2=C[CH]N1.[HH].[HH]. The summed E-state index contributed by atoms with van der Waals surface area (Å²) in [5, 5.41) is 7.89. The minimum absolute atomic E-state index is 0. The summed E-state index contributed by atoms with van der Waals surface area (Å²) in [6.45, 7) is 9.62. The van der Waals surface area contributed by atoms with E-state index < -0.39 is 0 Å². The molecule has 0 bridgehead atoms. The highest BCUT2D eigenvalue weighted by atomic mass is 16.2. The molecule has 1 amide bonds. The molecule has 0 saturated carbocycles. The first-order chi connectivity index (χ1) is 12.4. The van der Waals surface area contributed by atoms with Crippen LogP contribution in [0.2, 0.25) is 0 Å². The number of nitrogens with one attached hydrogen (secondary N) is 3. The van der Waals surface area contributed by atoms with Gasteiger partial charge in [0.2, 0.25) is 5.91 Å². The van der Waals surface area contributed by atoms with E-state index in [2.05, 4.69) is 15.6 Å². The number of amides is 1. The third-order valence-electron chi connectivity index (χ3n) is 4.91. The van der Waals surface area contributed by atoms with Crippen LogP contribution in [-0.4, -0.2) is 10.9 Å². The normalized spacial score (nSPS) is 14.1. The second-order valence-electron chi connectivity index (χ2n) is 6.77. The quantitative estimate of drug-likeness (QED) is 0.780. The summed E-state index contributed by atoms with van der Waals surface area (Å²) in [5.41, 5.74) is 4.32. The molecule has 139 valence electrons. The highest BCUT2D eigenvalue weighted by molar-refractivity contribution is 5.79. The summed E-state index contributed by atoms with van der Waals surface area (Å²) in [6.07, 6.45) is 1.89. The summed E-state index contributed by atoms with van der Waals surface area (Å²) < 4.78 is 0. The van der Waals surface area contributed by atoms with Crippen molar-refractivity contribution in [2.24, 2.45) is 0 Å². The number of aryl methyl sites for hydroxylation is 1. The number of benzene rings is 1. The predicted molar refractivity (Wildman–Crippen MR) is 108 cm³/mol. The van der Waals surface area contributed by atoms with Gasteiger partial charge in [0.1, 0.15) is 0 Å². The monoisotopic (exact) mass is 354 g/mol. The number of aromatic amines is 1. The summed E-state index contributed by atoms with van der Waals surface area (Å²) in [6, 6.07) is 7.86. The summed E-state index contributed by atoms with van der Waals surface area (Å²) >= 11 is 0. The largest absolute Gasteiger partial charge is 0.379 e. The van der Waals surface area contributed by atoms with Crippen LogP contribution in [0.1, 0.15) is 45.0 Å². The number of hydrogen-bond acceptors (Lipinski definition) is 3. The average molecular weight is 354 g/mol. The third kappa shape index (κ3) is 3.43. The van der Waals surface area contributed by atoms with Crippen molar-refractivity contribution in [3.05, 3.63) is 74.0 Å². The molecular formula is C21H28N3O2. The van der Waals surface area contributed by atoms with E-state index in [1.807, 2.05) is 58.0 Å². The Balaban J connectivity index is 0.00000196. The maximum atomic E-state index is 12.6. The lowest BCUT2D eigenvalue weighted by Gasteiger charge is -2.17. The van der Waals surface area contributed by atoms with Crippen molar-refractivity contribution in [1.29, 1.82) is 0 Å². The average Bonchev–Trinajstić information content (AvgIpc) is 2.58. The number of rotatable bonds is 4. The molecule has 1 aromatic carbocycles. The molecule has 0 aliphatic carbocycles. The number of aromatic nitrogens is 1. The molecule has 26 heavy (non-hydrogen) atoms. The van der Waals surface area contributed by atoms with Crippen LogP contribution in [0.15, 0.2) is 29.1 Å². The Morgan fingerprint density at radius 2 is 1.96 bits per heavy atom. The second-order valence-corrected chi connectivity index (χ2v) is 6.77. The fourth-order valence-corrected chi connectivity index (χ4v) is 3.53. The van der Waals surface area contributed by atoms with E-state index in [1.165, 1.54) is 0 Å². The van der Waals surface area contributed by atoms with Gasteiger partial charge >= 0.3 is 0 Å². The van der Waals surface area contributed by atoms with Crippen molar-refractivity contribution in [1.82, 2.24) is 15.6 Å². The summed E-state index contributed by atoms with van der Waals surface area (Å²) in [7, 11) is 0. The fourth-order valence-electron chi connectivity index (χ4n) is 3.53.